The maximum absolute atomic E-state index is 4.49. The van der Waals surface area contributed by atoms with Crippen LogP contribution in [0, 0.1) is 5.92 Å². The summed E-state index contributed by atoms with van der Waals surface area (Å²) in [6.45, 7) is 9.57. The second-order valence-electron chi connectivity index (χ2n) is 6.77. The summed E-state index contributed by atoms with van der Waals surface area (Å²) in [5.74, 6) is 1.60. The second kappa shape index (κ2) is 7.41. The van der Waals surface area contributed by atoms with Gasteiger partial charge in [0.25, 0.3) is 0 Å². The second-order valence-corrected chi connectivity index (χ2v) is 6.77. The van der Waals surface area contributed by atoms with Crippen molar-refractivity contribution in [1.29, 1.82) is 0 Å². The minimum Gasteiger partial charge on any atom is -0.316 e. The molecule has 0 spiro atoms. The van der Waals surface area contributed by atoms with E-state index in [-0.39, 0.29) is 0 Å². The van der Waals surface area contributed by atoms with E-state index in [2.05, 4.69) is 33.0 Å². The van der Waals surface area contributed by atoms with Gasteiger partial charge in [-0.25, -0.2) is 0 Å². The topological polar surface area (TPSA) is 33.1 Å². The molecule has 1 atom stereocenters. The number of piperidine rings is 2. The lowest BCUT2D eigenvalue weighted by Crippen LogP contribution is -2.41. The molecule has 3 rings (SSSR count). The van der Waals surface area contributed by atoms with Gasteiger partial charge in [0.2, 0.25) is 0 Å². The zero-order valence-electron chi connectivity index (χ0n) is 13.4. The van der Waals surface area contributed by atoms with Crippen LogP contribution in [0.1, 0.15) is 50.6 Å². The standard InChI is InChI=1S/C17H30N4/c1-2-10-21-17(5-9-19-21)16-6-11-20(12-7-16)14-15-4-3-8-18-13-15/h5,9,15-16,18H,2-4,6-8,10-14H2,1H3. The molecule has 0 saturated carbocycles. The molecule has 1 unspecified atom stereocenters. The van der Waals surface area contributed by atoms with Crippen molar-refractivity contribution in [3.05, 3.63) is 18.0 Å². The molecule has 118 valence electrons. The van der Waals surface area contributed by atoms with E-state index in [1.165, 1.54) is 70.5 Å². The number of nitrogens with one attached hydrogen (secondary N) is 1. The van der Waals surface area contributed by atoms with E-state index >= 15 is 0 Å². The molecule has 21 heavy (non-hydrogen) atoms. The Balaban J connectivity index is 1.49. The fourth-order valence-electron chi connectivity index (χ4n) is 3.94. The molecule has 0 aliphatic carbocycles. The highest BCUT2D eigenvalue weighted by atomic mass is 15.3. The number of nitrogens with zero attached hydrogens (tertiary/aromatic N) is 3. The van der Waals surface area contributed by atoms with Crippen LogP contribution >= 0.6 is 0 Å². The molecular formula is C17H30N4. The first-order chi connectivity index (χ1) is 10.4. The van der Waals surface area contributed by atoms with Crippen molar-refractivity contribution >= 4 is 0 Å². The van der Waals surface area contributed by atoms with Crippen LogP contribution in [0.25, 0.3) is 0 Å². The number of aryl methyl sites for hydroxylation is 1. The Morgan fingerprint density at radius 1 is 1.29 bits per heavy atom. The van der Waals surface area contributed by atoms with Gasteiger partial charge in [0.05, 0.1) is 0 Å². The highest BCUT2D eigenvalue weighted by Crippen LogP contribution is 2.28. The Kier molecular flexibility index (Phi) is 5.31. The van der Waals surface area contributed by atoms with Gasteiger partial charge < -0.3 is 10.2 Å². The number of aromatic nitrogens is 2. The zero-order valence-corrected chi connectivity index (χ0v) is 13.4. The van der Waals surface area contributed by atoms with Gasteiger partial charge in [0.1, 0.15) is 0 Å². The largest absolute Gasteiger partial charge is 0.316 e. The maximum Gasteiger partial charge on any atom is 0.0492 e. The molecule has 0 bridgehead atoms. The first kappa shape index (κ1) is 15.0. The van der Waals surface area contributed by atoms with Gasteiger partial charge in [-0.3, -0.25) is 4.68 Å². The minimum atomic E-state index is 0.722. The number of likely N-dealkylation sites (tertiary alicyclic amines) is 1. The molecule has 2 aliphatic rings. The van der Waals surface area contributed by atoms with E-state index < -0.39 is 0 Å². The van der Waals surface area contributed by atoms with Crippen LogP contribution in [0.3, 0.4) is 0 Å². The van der Waals surface area contributed by atoms with Crippen LogP contribution in [0.5, 0.6) is 0 Å². The summed E-state index contributed by atoms with van der Waals surface area (Å²) >= 11 is 0. The van der Waals surface area contributed by atoms with E-state index in [1.54, 1.807) is 0 Å². The highest BCUT2D eigenvalue weighted by molar-refractivity contribution is 5.09. The first-order valence-electron chi connectivity index (χ1n) is 8.81. The van der Waals surface area contributed by atoms with Crippen molar-refractivity contribution in [2.75, 3.05) is 32.7 Å². The predicted molar refractivity (Wildman–Crippen MR) is 86.5 cm³/mol. The quantitative estimate of drug-likeness (QED) is 0.904. The number of hydrogen-bond acceptors (Lipinski definition) is 3. The molecule has 1 aromatic rings. The molecule has 2 saturated heterocycles. The summed E-state index contributed by atoms with van der Waals surface area (Å²) in [5.41, 5.74) is 1.47. The third-order valence-corrected chi connectivity index (χ3v) is 5.11. The SMILES string of the molecule is CCCn1nccc1C1CCN(CC2CCCNC2)CC1. The van der Waals surface area contributed by atoms with Gasteiger partial charge in [-0.05, 0) is 70.3 Å². The smallest absolute Gasteiger partial charge is 0.0492 e. The van der Waals surface area contributed by atoms with Crippen molar-refractivity contribution in [2.24, 2.45) is 5.92 Å². The monoisotopic (exact) mass is 290 g/mol. The summed E-state index contributed by atoms with van der Waals surface area (Å²) in [6, 6.07) is 2.24. The van der Waals surface area contributed by atoms with Gasteiger partial charge in [0, 0.05) is 30.9 Å². The third-order valence-electron chi connectivity index (χ3n) is 5.11. The lowest BCUT2D eigenvalue weighted by Gasteiger charge is -2.35. The summed E-state index contributed by atoms with van der Waals surface area (Å²) in [6.07, 6.45) is 8.52. The van der Waals surface area contributed by atoms with E-state index in [0.717, 1.165) is 18.4 Å². The van der Waals surface area contributed by atoms with Gasteiger partial charge >= 0.3 is 0 Å². The van der Waals surface area contributed by atoms with Gasteiger partial charge in [-0.15, -0.1) is 0 Å². The van der Waals surface area contributed by atoms with Crippen LogP contribution in [-0.2, 0) is 6.54 Å². The van der Waals surface area contributed by atoms with E-state index in [1.807, 2.05) is 6.20 Å². The molecule has 2 fully saturated rings. The fourth-order valence-corrected chi connectivity index (χ4v) is 3.94. The van der Waals surface area contributed by atoms with Crippen molar-refractivity contribution < 1.29 is 0 Å². The van der Waals surface area contributed by atoms with E-state index in [4.69, 9.17) is 0 Å². The molecule has 1 aromatic heterocycles. The lowest BCUT2D eigenvalue weighted by atomic mass is 9.91. The Labute approximate surface area is 128 Å². The Hall–Kier alpha value is -0.870. The van der Waals surface area contributed by atoms with E-state index in [0.29, 0.717) is 0 Å². The molecule has 0 radical (unpaired) electrons. The Bertz CT molecular complexity index is 414. The average molecular weight is 290 g/mol. The van der Waals surface area contributed by atoms with Crippen LogP contribution in [0.4, 0.5) is 0 Å². The van der Waals surface area contributed by atoms with Gasteiger partial charge in [-0.2, -0.15) is 5.10 Å². The van der Waals surface area contributed by atoms with Gasteiger partial charge in [-0.1, -0.05) is 6.92 Å². The molecule has 4 heteroatoms. The normalized spacial score (nSPS) is 25.3. The summed E-state index contributed by atoms with van der Waals surface area (Å²) in [7, 11) is 0. The van der Waals surface area contributed by atoms with Crippen LogP contribution in [-0.4, -0.2) is 47.4 Å². The molecule has 0 aromatic carbocycles. The van der Waals surface area contributed by atoms with Crippen LogP contribution in [0.15, 0.2) is 12.3 Å². The Morgan fingerprint density at radius 3 is 2.86 bits per heavy atom. The molecule has 3 heterocycles. The summed E-state index contributed by atoms with van der Waals surface area (Å²) in [5, 5.41) is 8.03. The number of hydrogen-bond donors (Lipinski definition) is 1. The zero-order chi connectivity index (χ0) is 14.5. The van der Waals surface area contributed by atoms with E-state index in [9.17, 15) is 0 Å². The average Bonchev–Trinajstić information content (AvgIpc) is 2.98. The molecule has 0 amide bonds. The van der Waals surface area contributed by atoms with Crippen LogP contribution < -0.4 is 5.32 Å². The molecule has 2 aliphatic heterocycles. The first-order valence-corrected chi connectivity index (χ1v) is 8.81. The Morgan fingerprint density at radius 2 is 2.14 bits per heavy atom. The summed E-state index contributed by atoms with van der Waals surface area (Å²) < 4.78 is 2.23. The molecule has 4 nitrogen and oxygen atoms in total. The molecular weight excluding hydrogens is 260 g/mol. The van der Waals surface area contributed by atoms with Crippen molar-refractivity contribution in [2.45, 2.75) is 51.5 Å². The fraction of sp³-hybridized carbons (Fsp3) is 0.824. The lowest BCUT2D eigenvalue weighted by molar-refractivity contribution is 0.167. The van der Waals surface area contributed by atoms with Crippen molar-refractivity contribution in [3.8, 4) is 0 Å². The molecule has 1 N–H and O–H groups in total. The van der Waals surface area contributed by atoms with Crippen LogP contribution in [0.2, 0.25) is 0 Å². The highest BCUT2D eigenvalue weighted by Gasteiger charge is 2.25. The van der Waals surface area contributed by atoms with Gasteiger partial charge in [0.15, 0.2) is 0 Å². The number of rotatable bonds is 5. The predicted octanol–water partition coefficient (Wildman–Crippen LogP) is 2.47. The van der Waals surface area contributed by atoms with Crippen molar-refractivity contribution in [1.82, 2.24) is 20.0 Å². The van der Waals surface area contributed by atoms with Crippen molar-refractivity contribution in [3.63, 3.8) is 0 Å². The summed E-state index contributed by atoms with van der Waals surface area (Å²) in [4.78, 5) is 2.69. The maximum atomic E-state index is 4.49. The third kappa shape index (κ3) is 3.86. The minimum absolute atomic E-state index is 0.722.